The summed E-state index contributed by atoms with van der Waals surface area (Å²) < 4.78 is 0. The predicted molar refractivity (Wildman–Crippen MR) is 77.2 cm³/mol. The lowest BCUT2D eigenvalue weighted by atomic mass is 10.2. The number of nitrogens with zero attached hydrogens (tertiary/aromatic N) is 2. The van der Waals surface area contributed by atoms with Crippen LogP contribution in [-0.2, 0) is 4.79 Å². The van der Waals surface area contributed by atoms with Crippen molar-refractivity contribution in [3.63, 3.8) is 0 Å². The van der Waals surface area contributed by atoms with E-state index >= 15 is 0 Å². The highest BCUT2D eigenvalue weighted by Gasteiger charge is 2.19. The van der Waals surface area contributed by atoms with Gasteiger partial charge in [-0.15, -0.1) is 11.3 Å². The van der Waals surface area contributed by atoms with E-state index in [0.29, 0.717) is 23.0 Å². The molecule has 1 aliphatic rings. The fraction of sp³-hybridized carbons (Fsp3) is 0.571. The van der Waals surface area contributed by atoms with Gasteiger partial charge in [0.15, 0.2) is 0 Å². The summed E-state index contributed by atoms with van der Waals surface area (Å²) >= 11 is 1.39. The van der Waals surface area contributed by atoms with Gasteiger partial charge in [0.05, 0.1) is 5.56 Å². The molecule has 0 aliphatic heterocycles. The Labute approximate surface area is 118 Å². The highest BCUT2D eigenvalue weighted by atomic mass is 32.1. The molecule has 1 N–H and O–H groups in total. The van der Waals surface area contributed by atoms with Crippen molar-refractivity contribution in [1.29, 1.82) is 5.26 Å². The van der Waals surface area contributed by atoms with Crippen LogP contribution in [0.1, 0.15) is 37.7 Å². The first kappa shape index (κ1) is 14.0. The van der Waals surface area contributed by atoms with Gasteiger partial charge in [0.1, 0.15) is 11.1 Å². The average Bonchev–Trinajstić information content (AvgIpc) is 3.06. The lowest BCUT2D eigenvalue weighted by molar-refractivity contribution is -0.116. The van der Waals surface area contributed by atoms with Crippen molar-refractivity contribution in [2.24, 2.45) is 0 Å². The van der Waals surface area contributed by atoms with Crippen molar-refractivity contribution in [1.82, 2.24) is 4.90 Å². The highest BCUT2D eigenvalue weighted by Crippen LogP contribution is 2.23. The van der Waals surface area contributed by atoms with Crippen LogP contribution in [0.4, 0.5) is 5.00 Å². The van der Waals surface area contributed by atoms with Gasteiger partial charge in [0.25, 0.3) is 0 Å². The molecule has 0 atom stereocenters. The molecule has 1 fully saturated rings. The Morgan fingerprint density at radius 1 is 1.58 bits per heavy atom. The Balaban J connectivity index is 1.77. The van der Waals surface area contributed by atoms with Gasteiger partial charge < -0.3 is 10.2 Å². The second-order valence-electron chi connectivity index (χ2n) is 4.99. The topological polar surface area (TPSA) is 56.1 Å². The molecule has 2 rings (SSSR count). The van der Waals surface area contributed by atoms with Crippen LogP contribution in [0.5, 0.6) is 0 Å². The summed E-state index contributed by atoms with van der Waals surface area (Å²) in [5, 5.41) is 14.2. The maximum absolute atomic E-state index is 11.9. The molecule has 0 aromatic carbocycles. The van der Waals surface area contributed by atoms with Crippen molar-refractivity contribution in [3.05, 3.63) is 17.0 Å². The third-order valence-electron chi connectivity index (χ3n) is 3.68. The average molecular weight is 277 g/mol. The first-order chi connectivity index (χ1) is 9.20. The first-order valence-electron chi connectivity index (χ1n) is 6.68. The van der Waals surface area contributed by atoms with E-state index < -0.39 is 0 Å². The minimum atomic E-state index is -0.0104. The van der Waals surface area contributed by atoms with Gasteiger partial charge in [0.2, 0.25) is 5.91 Å². The summed E-state index contributed by atoms with van der Waals surface area (Å²) in [6.45, 7) is 0.782. The van der Waals surface area contributed by atoms with E-state index in [1.807, 2.05) is 5.38 Å². The van der Waals surface area contributed by atoms with Gasteiger partial charge >= 0.3 is 0 Å². The number of nitrogens with one attached hydrogen (secondary N) is 1. The number of hydrogen-bond acceptors (Lipinski definition) is 4. The van der Waals surface area contributed by atoms with E-state index in [1.54, 1.807) is 6.07 Å². The minimum Gasteiger partial charge on any atom is -0.317 e. The Morgan fingerprint density at radius 2 is 2.32 bits per heavy atom. The van der Waals surface area contributed by atoms with E-state index in [0.717, 1.165) is 6.54 Å². The van der Waals surface area contributed by atoms with E-state index in [9.17, 15) is 4.79 Å². The van der Waals surface area contributed by atoms with E-state index in [-0.39, 0.29) is 5.91 Å². The molecule has 4 nitrogen and oxygen atoms in total. The number of nitriles is 1. The van der Waals surface area contributed by atoms with Crippen molar-refractivity contribution < 1.29 is 4.79 Å². The van der Waals surface area contributed by atoms with Crippen LogP contribution in [0.25, 0.3) is 0 Å². The van der Waals surface area contributed by atoms with Crippen LogP contribution < -0.4 is 5.32 Å². The van der Waals surface area contributed by atoms with Gasteiger partial charge in [-0.1, -0.05) is 12.8 Å². The molecule has 1 aromatic rings. The van der Waals surface area contributed by atoms with Gasteiger partial charge in [-0.25, -0.2) is 0 Å². The number of amides is 1. The maximum Gasteiger partial charge on any atom is 0.226 e. The van der Waals surface area contributed by atoms with Gasteiger partial charge in [0, 0.05) is 19.0 Å². The van der Waals surface area contributed by atoms with E-state index in [2.05, 4.69) is 23.3 Å². The SMILES string of the molecule is CN(CCC(=O)Nc1sccc1C#N)C1CCCC1. The zero-order valence-corrected chi connectivity index (χ0v) is 12.0. The molecular weight excluding hydrogens is 258 g/mol. The lowest BCUT2D eigenvalue weighted by Crippen LogP contribution is -2.32. The summed E-state index contributed by atoms with van der Waals surface area (Å²) in [6, 6.07) is 4.45. The number of carbonyl (C=O) groups excluding carboxylic acids is 1. The molecule has 1 heterocycles. The molecule has 1 aromatic heterocycles. The molecule has 1 aliphatic carbocycles. The van der Waals surface area contributed by atoms with E-state index in [4.69, 9.17) is 5.26 Å². The zero-order valence-electron chi connectivity index (χ0n) is 11.2. The van der Waals surface area contributed by atoms with Gasteiger partial charge in [-0.05, 0) is 31.3 Å². The standard InChI is InChI=1S/C14H19N3OS/c1-17(12-4-2-3-5-12)8-6-13(18)16-14-11(10-15)7-9-19-14/h7,9,12H,2-6,8H2,1H3,(H,16,18). The van der Waals surface area contributed by atoms with Crippen LogP contribution >= 0.6 is 11.3 Å². The molecule has 0 radical (unpaired) electrons. The molecule has 0 unspecified atom stereocenters. The number of thiophene rings is 1. The van der Waals surface area contributed by atoms with Crippen LogP contribution in [0.3, 0.4) is 0 Å². The summed E-state index contributed by atoms with van der Waals surface area (Å²) in [7, 11) is 2.09. The third-order valence-corrected chi connectivity index (χ3v) is 4.51. The molecule has 102 valence electrons. The smallest absolute Gasteiger partial charge is 0.226 e. The van der Waals surface area contributed by atoms with Crippen LogP contribution in [0.2, 0.25) is 0 Å². The number of rotatable bonds is 5. The maximum atomic E-state index is 11.9. The fourth-order valence-electron chi connectivity index (χ4n) is 2.49. The van der Waals surface area contributed by atoms with Crippen LogP contribution in [-0.4, -0.2) is 30.4 Å². The van der Waals surface area contributed by atoms with Crippen LogP contribution in [0.15, 0.2) is 11.4 Å². The van der Waals surface area contributed by atoms with E-state index in [1.165, 1.54) is 37.0 Å². The summed E-state index contributed by atoms with van der Waals surface area (Å²) in [5.41, 5.74) is 0.544. The molecular formula is C14H19N3OS. The summed E-state index contributed by atoms with van der Waals surface area (Å²) in [5.74, 6) is -0.0104. The second kappa shape index (κ2) is 6.69. The monoisotopic (exact) mass is 277 g/mol. The number of hydrogen-bond donors (Lipinski definition) is 1. The Hall–Kier alpha value is -1.38. The number of carbonyl (C=O) groups is 1. The normalized spacial score (nSPS) is 15.6. The molecule has 0 bridgehead atoms. The van der Waals surface area contributed by atoms with Gasteiger partial charge in [-0.3, -0.25) is 4.79 Å². The Bertz CT molecular complexity index is 471. The predicted octanol–water partition coefficient (Wildman–Crippen LogP) is 2.82. The second-order valence-corrected chi connectivity index (χ2v) is 5.91. The molecule has 1 amide bonds. The lowest BCUT2D eigenvalue weighted by Gasteiger charge is -2.23. The highest BCUT2D eigenvalue weighted by molar-refractivity contribution is 7.14. The summed E-state index contributed by atoms with van der Waals surface area (Å²) in [6.07, 6.45) is 5.60. The largest absolute Gasteiger partial charge is 0.317 e. The fourth-order valence-corrected chi connectivity index (χ4v) is 3.24. The quantitative estimate of drug-likeness (QED) is 0.900. The van der Waals surface area contributed by atoms with Crippen molar-refractivity contribution >= 4 is 22.2 Å². The molecule has 19 heavy (non-hydrogen) atoms. The minimum absolute atomic E-state index is 0.0104. The zero-order chi connectivity index (χ0) is 13.7. The van der Waals surface area contributed by atoms with Crippen LogP contribution in [0, 0.1) is 11.3 Å². The third kappa shape index (κ3) is 3.79. The Kier molecular flexibility index (Phi) is 4.94. The van der Waals surface area contributed by atoms with Crippen molar-refractivity contribution in [3.8, 4) is 6.07 Å². The van der Waals surface area contributed by atoms with Gasteiger partial charge in [-0.2, -0.15) is 5.26 Å². The molecule has 5 heteroatoms. The molecule has 0 spiro atoms. The Morgan fingerprint density at radius 3 is 3.00 bits per heavy atom. The first-order valence-corrected chi connectivity index (χ1v) is 7.56. The van der Waals surface area contributed by atoms with Crippen molar-refractivity contribution in [2.45, 2.75) is 38.1 Å². The molecule has 0 saturated heterocycles. The molecule has 1 saturated carbocycles. The summed E-state index contributed by atoms with van der Waals surface area (Å²) in [4.78, 5) is 14.1. The van der Waals surface area contributed by atoms with Crippen molar-refractivity contribution in [2.75, 3.05) is 18.9 Å². The number of anilines is 1.